The predicted molar refractivity (Wildman–Crippen MR) is 137 cm³/mol. The van der Waals surface area contributed by atoms with Gasteiger partial charge in [0.05, 0.1) is 54.6 Å². The Bertz CT molecular complexity index is 1310. The van der Waals surface area contributed by atoms with Crippen molar-refractivity contribution in [3.63, 3.8) is 0 Å². The molecule has 0 unspecified atom stereocenters. The van der Waals surface area contributed by atoms with Crippen LogP contribution in [-0.2, 0) is 22.6 Å². The van der Waals surface area contributed by atoms with E-state index in [0.717, 1.165) is 87.3 Å². The van der Waals surface area contributed by atoms with Crippen LogP contribution in [-0.4, -0.2) is 77.4 Å². The van der Waals surface area contributed by atoms with E-state index in [9.17, 15) is 5.11 Å². The van der Waals surface area contributed by atoms with Gasteiger partial charge < -0.3 is 19.5 Å². The second kappa shape index (κ2) is 10.0. The Kier molecular flexibility index (Phi) is 6.49. The van der Waals surface area contributed by atoms with E-state index in [1.54, 1.807) is 0 Å². The number of benzene rings is 1. The van der Waals surface area contributed by atoms with Crippen molar-refractivity contribution in [2.45, 2.75) is 13.2 Å². The van der Waals surface area contributed by atoms with Crippen molar-refractivity contribution >= 4 is 27.2 Å². The fourth-order valence-corrected chi connectivity index (χ4v) is 5.87. The highest BCUT2D eigenvalue weighted by atomic mass is 32.1. The van der Waals surface area contributed by atoms with Crippen molar-refractivity contribution < 1.29 is 14.6 Å². The Morgan fingerprint density at radius 2 is 1.74 bits per heavy atom. The third kappa shape index (κ3) is 4.82. The first-order valence-corrected chi connectivity index (χ1v) is 12.9. The summed E-state index contributed by atoms with van der Waals surface area (Å²) in [5, 5.41) is 14.3. The molecule has 5 heterocycles. The molecule has 3 aromatic heterocycles. The Labute approximate surface area is 208 Å². The molecule has 0 amide bonds. The van der Waals surface area contributed by atoms with Gasteiger partial charge in [0.25, 0.3) is 0 Å². The summed E-state index contributed by atoms with van der Waals surface area (Å²) in [5.41, 5.74) is 4.92. The highest BCUT2D eigenvalue weighted by Gasteiger charge is 2.20. The molecule has 2 fully saturated rings. The Morgan fingerprint density at radius 3 is 2.54 bits per heavy atom. The van der Waals surface area contributed by atoms with E-state index in [0.29, 0.717) is 0 Å². The quantitative estimate of drug-likeness (QED) is 0.444. The molecule has 2 aliphatic heterocycles. The van der Waals surface area contributed by atoms with Crippen LogP contribution < -0.4 is 4.90 Å². The summed E-state index contributed by atoms with van der Waals surface area (Å²) >= 11 is 1.84. The van der Waals surface area contributed by atoms with Crippen LogP contribution in [0.5, 0.6) is 0 Å². The lowest BCUT2D eigenvalue weighted by Gasteiger charge is -2.29. The monoisotopic (exact) mass is 491 g/mol. The van der Waals surface area contributed by atoms with E-state index >= 15 is 0 Å². The fraction of sp³-hybridized carbons (Fsp3) is 0.385. The Morgan fingerprint density at radius 1 is 0.943 bits per heavy atom. The summed E-state index contributed by atoms with van der Waals surface area (Å²) in [5.74, 6) is 0.805. The molecular formula is C26H29N5O3S. The van der Waals surface area contributed by atoms with E-state index in [2.05, 4.69) is 21.9 Å². The molecule has 0 radical (unpaired) electrons. The molecule has 0 aliphatic carbocycles. The standard InChI is InChI=1S/C26H29N5O3S/c32-18-19-2-1-3-20(14-19)22-4-5-31(28-22)25-16-24(30-8-12-34-13-9-30)26-23(27-25)15-21(35-26)17-29-6-10-33-11-7-29/h1-5,14-16,32H,6-13,17-18H2. The highest BCUT2D eigenvalue weighted by Crippen LogP contribution is 2.36. The van der Waals surface area contributed by atoms with Gasteiger partial charge in [0.2, 0.25) is 0 Å². The molecule has 0 atom stereocenters. The van der Waals surface area contributed by atoms with E-state index in [1.165, 1.54) is 15.3 Å². The third-order valence-electron chi connectivity index (χ3n) is 6.56. The average Bonchev–Trinajstić information content (AvgIpc) is 3.56. The molecule has 9 heteroatoms. The van der Waals surface area contributed by atoms with Gasteiger partial charge in [0.15, 0.2) is 5.82 Å². The predicted octanol–water partition coefficient (Wildman–Crippen LogP) is 3.31. The number of rotatable bonds is 6. The van der Waals surface area contributed by atoms with Crippen molar-refractivity contribution in [1.29, 1.82) is 0 Å². The molecule has 0 spiro atoms. The second-order valence-electron chi connectivity index (χ2n) is 8.92. The van der Waals surface area contributed by atoms with Crippen molar-refractivity contribution in [3.8, 4) is 17.1 Å². The molecule has 182 valence electrons. The molecule has 8 nitrogen and oxygen atoms in total. The number of anilines is 1. The van der Waals surface area contributed by atoms with E-state index < -0.39 is 0 Å². The molecule has 6 rings (SSSR count). The number of hydrogen-bond acceptors (Lipinski definition) is 8. The Balaban J connectivity index is 1.37. The molecule has 2 aliphatic rings. The smallest absolute Gasteiger partial charge is 0.156 e. The zero-order valence-electron chi connectivity index (χ0n) is 19.6. The first-order chi connectivity index (χ1) is 17.3. The molecule has 4 aromatic rings. The zero-order valence-corrected chi connectivity index (χ0v) is 20.4. The van der Waals surface area contributed by atoms with Gasteiger partial charge in [-0.25, -0.2) is 9.67 Å². The molecule has 1 N–H and O–H groups in total. The van der Waals surface area contributed by atoms with Gasteiger partial charge in [-0.3, -0.25) is 4.90 Å². The van der Waals surface area contributed by atoms with Crippen LogP contribution in [0.15, 0.2) is 48.7 Å². The number of fused-ring (bicyclic) bond motifs is 1. The SMILES string of the molecule is OCc1cccc(-c2ccn(-c3cc(N4CCOCC4)c4sc(CN5CCOCC5)cc4n3)n2)c1. The number of aliphatic hydroxyl groups excluding tert-OH is 1. The number of pyridine rings is 1. The molecule has 0 saturated carbocycles. The largest absolute Gasteiger partial charge is 0.392 e. The zero-order chi connectivity index (χ0) is 23.6. The van der Waals surface area contributed by atoms with E-state index in [4.69, 9.17) is 19.6 Å². The maximum absolute atomic E-state index is 9.50. The molecule has 2 saturated heterocycles. The Hall–Kier alpha value is -2.82. The van der Waals surface area contributed by atoms with Gasteiger partial charge in [0.1, 0.15) is 0 Å². The van der Waals surface area contributed by atoms with Gasteiger partial charge in [0, 0.05) is 55.4 Å². The van der Waals surface area contributed by atoms with Crippen molar-refractivity contribution in [3.05, 3.63) is 59.1 Å². The minimum absolute atomic E-state index is 0.0145. The number of thiophene rings is 1. The molecule has 0 bridgehead atoms. The first kappa shape index (κ1) is 22.6. The first-order valence-electron chi connectivity index (χ1n) is 12.1. The van der Waals surface area contributed by atoms with Crippen molar-refractivity contribution in [2.24, 2.45) is 0 Å². The average molecular weight is 492 g/mol. The summed E-state index contributed by atoms with van der Waals surface area (Å²) in [6.45, 7) is 7.69. The van der Waals surface area contributed by atoms with Crippen LogP contribution in [0.2, 0.25) is 0 Å². The summed E-state index contributed by atoms with van der Waals surface area (Å²) in [6, 6.07) is 14.2. The number of morpholine rings is 2. The van der Waals surface area contributed by atoms with Crippen LogP contribution in [0.4, 0.5) is 5.69 Å². The maximum atomic E-state index is 9.50. The van der Waals surface area contributed by atoms with Gasteiger partial charge in [-0.15, -0.1) is 11.3 Å². The van der Waals surface area contributed by atoms with Gasteiger partial charge >= 0.3 is 0 Å². The maximum Gasteiger partial charge on any atom is 0.156 e. The third-order valence-corrected chi connectivity index (χ3v) is 7.69. The number of aliphatic hydroxyl groups is 1. The molecule has 35 heavy (non-hydrogen) atoms. The summed E-state index contributed by atoms with van der Waals surface area (Å²) in [6.07, 6.45) is 1.96. The van der Waals surface area contributed by atoms with Crippen LogP contribution in [0.25, 0.3) is 27.3 Å². The number of nitrogens with zero attached hydrogens (tertiary/aromatic N) is 5. The highest BCUT2D eigenvalue weighted by molar-refractivity contribution is 7.19. The van der Waals surface area contributed by atoms with Gasteiger partial charge in [-0.2, -0.15) is 5.10 Å². The summed E-state index contributed by atoms with van der Waals surface area (Å²) in [7, 11) is 0. The van der Waals surface area contributed by atoms with Crippen LogP contribution in [0.1, 0.15) is 10.4 Å². The van der Waals surface area contributed by atoms with Crippen LogP contribution in [0, 0.1) is 0 Å². The van der Waals surface area contributed by atoms with Gasteiger partial charge in [-0.05, 0) is 23.8 Å². The van der Waals surface area contributed by atoms with Gasteiger partial charge in [-0.1, -0.05) is 18.2 Å². The van der Waals surface area contributed by atoms with E-state index in [-0.39, 0.29) is 6.61 Å². The normalized spacial score (nSPS) is 17.3. The minimum atomic E-state index is 0.0145. The lowest BCUT2D eigenvalue weighted by Crippen LogP contribution is -2.36. The lowest BCUT2D eigenvalue weighted by molar-refractivity contribution is 0.0346. The number of ether oxygens (including phenoxy) is 2. The van der Waals surface area contributed by atoms with Crippen LogP contribution >= 0.6 is 11.3 Å². The number of hydrogen-bond donors (Lipinski definition) is 1. The number of aromatic nitrogens is 3. The minimum Gasteiger partial charge on any atom is -0.392 e. The summed E-state index contributed by atoms with van der Waals surface area (Å²) in [4.78, 5) is 11.2. The van der Waals surface area contributed by atoms with Crippen molar-refractivity contribution in [1.82, 2.24) is 19.7 Å². The summed E-state index contributed by atoms with van der Waals surface area (Å²) < 4.78 is 14.2. The fourth-order valence-electron chi connectivity index (χ4n) is 4.69. The van der Waals surface area contributed by atoms with E-state index in [1.807, 2.05) is 52.5 Å². The lowest BCUT2D eigenvalue weighted by atomic mass is 10.1. The topological polar surface area (TPSA) is 75.9 Å². The second-order valence-corrected chi connectivity index (χ2v) is 10.1. The molecule has 1 aromatic carbocycles. The van der Waals surface area contributed by atoms with Crippen molar-refractivity contribution in [2.75, 3.05) is 57.5 Å². The molecular weight excluding hydrogens is 462 g/mol. The van der Waals surface area contributed by atoms with Crippen LogP contribution in [0.3, 0.4) is 0 Å².